The van der Waals surface area contributed by atoms with Crippen molar-refractivity contribution in [3.05, 3.63) is 94.3 Å². The van der Waals surface area contributed by atoms with E-state index in [1.54, 1.807) is 16.8 Å². The lowest BCUT2D eigenvalue weighted by molar-refractivity contribution is 0.101. The van der Waals surface area contributed by atoms with Crippen molar-refractivity contribution in [2.24, 2.45) is 0 Å². The quantitative estimate of drug-likeness (QED) is 0.459. The number of carbonyl (C=O) groups is 1. The van der Waals surface area contributed by atoms with Crippen LogP contribution in [0.4, 0.5) is 5.69 Å². The number of amides is 1. The summed E-state index contributed by atoms with van der Waals surface area (Å²) in [5, 5.41) is 8.10. The van der Waals surface area contributed by atoms with Gasteiger partial charge in [-0.1, -0.05) is 59.6 Å². The van der Waals surface area contributed by atoms with Crippen molar-refractivity contribution in [2.75, 3.05) is 5.32 Å². The first-order valence-corrected chi connectivity index (χ1v) is 9.98. The van der Waals surface area contributed by atoms with Crippen LogP contribution in [-0.2, 0) is 0 Å². The maximum Gasteiger partial charge on any atom is 0.295 e. The minimum absolute atomic E-state index is 0.100. The third-order valence-electron chi connectivity index (χ3n) is 4.91. The molecule has 4 aromatic rings. The first-order valence-electron chi connectivity index (χ1n) is 9.60. The van der Waals surface area contributed by atoms with Crippen molar-refractivity contribution in [1.82, 2.24) is 14.8 Å². The Bertz CT molecular complexity index is 1130. The lowest BCUT2D eigenvalue weighted by Crippen LogP contribution is -2.16. The van der Waals surface area contributed by atoms with E-state index in [1.165, 1.54) is 0 Å². The standard InChI is InChI=1S/C24H21ClN4O/c1-15-7-9-18(10-8-15)23-27-22(28-29(23)20-13-11-19(25)12-14-20)24(30)26-21-16(2)5-4-6-17(21)3/h4-14H,1-3H3,(H,26,30). The largest absolute Gasteiger partial charge is 0.319 e. The Labute approximate surface area is 180 Å². The van der Waals surface area contributed by atoms with Gasteiger partial charge in [-0.05, 0) is 56.2 Å². The molecule has 1 N–H and O–H groups in total. The fourth-order valence-electron chi connectivity index (χ4n) is 3.24. The van der Waals surface area contributed by atoms with E-state index in [0.717, 1.165) is 33.6 Å². The van der Waals surface area contributed by atoms with Crippen molar-refractivity contribution in [1.29, 1.82) is 0 Å². The Morgan fingerprint density at radius 2 is 1.53 bits per heavy atom. The third-order valence-corrected chi connectivity index (χ3v) is 5.16. The highest BCUT2D eigenvalue weighted by Gasteiger charge is 2.20. The molecule has 1 amide bonds. The SMILES string of the molecule is Cc1ccc(-c2nc(C(=O)Nc3c(C)cccc3C)nn2-c2ccc(Cl)cc2)cc1. The van der Waals surface area contributed by atoms with Crippen molar-refractivity contribution in [2.45, 2.75) is 20.8 Å². The second-order valence-electron chi connectivity index (χ2n) is 7.23. The van der Waals surface area contributed by atoms with Gasteiger partial charge in [-0.15, -0.1) is 5.10 Å². The number of nitrogens with one attached hydrogen (secondary N) is 1. The van der Waals surface area contributed by atoms with Crippen LogP contribution in [0.5, 0.6) is 0 Å². The summed E-state index contributed by atoms with van der Waals surface area (Å²) in [6.07, 6.45) is 0. The average Bonchev–Trinajstić information content (AvgIpc) is 3.17. The molecule has 0 unspecified atom stereocenters. The average molecular weight is 417 g/mol. The summed E-state index contributed by atoms with van der Waals surface area (Å²) < 4.78 is 1.67. The second-order valence-corrected chi connectivity index (χ2v) is 7.67. The molecule has 0 saturated heterocycles. The van der Waals surface area contributed by atoms with Crippen LogP contribution in [0.3, 0.4) is 0 Å². The van der Waals surface area contributed by atoms with Crippen LogP contribution in [0.2, 0.25) is 5.02 Å². The zero-order valence-corrected chi connectivity index (χ0v) is 17.7. The molecule has 150 valence electrons. The Kier molecular flexibility index (Phi) is 5.38. The number of halogens is 1. The Morgan fingerprint density at radius 1 is 0.900 bits per heavy atom. The molecule has 1 aromatic heterocycles. The Morgan fingerprint density at radius 3 is 2.17 bits per heavy atom. The number of rotatable bonds is 4. The van der Waals surface area contributed by atoms with Gasteiger partial charge < -0.3 is 5.32 Å². The molecule has 30 heavy (non-hydrogen) atoms. The number of benzene rings is 3. The Hall–Kier alpha value is -3.44. The summed E-state index contributed by atoms with van der Waals surface area (Å²) >= 11 is 6.04. The highest BCUT2D eigenvalue weighted by Crippen LogP contribution is 2.24. The van der Waals surface area contributed by atoms with Crippen LogP contribution in [0.1, 0.15) is 27.3 Å². The van der Waals surface area contributed by atoms with Gasteiger partial charge >= 0.3 is 0 Å². The fraction of sp³-hybridized carbons (Fsp3) is 0.125. The van der Waals surface area contributed by atoms with E-state index < -0.39 is 0 Å². The van der Waals surface area contributed by atoms with Crippen LogP contribution < -0.4 is 5.32 Å². The molecule has 0 aliphatic heterocycles. The highest BCUT2D eigenvalue weighted by atomic mass is 35.5. The molecule has 5 nitrogen and oxygen atoms in total. The van der Waals surface area contributed by atoms with Gasteiger partial charge in [0.1, 0.15) is 0 Å². The summed E-state index contributed by atoms with van der Waals surface area (Å²) in [6, 6.07) is 21.1. The minimum Gasteiger partial charge on any atom is -0.319 e. The van der Waals surface area contributed by atoms with E-state index >= 15 is 0 Å². The van der Waals surface area contributed by atoms with Crippen LogP contribution in [0, 0.1) is 20.8 Å². The van der Waals surface area contributed by atoms with Gasteiger partial charge in [0.15, 0.2) is 5.82 Å². The molecule has 6 heteroatoms. The van der Waals surface area contributed by atoms with Gasteiger partial charge in [0.05, 0.1) is 5.69 Å². The predicted octanol–water partition coefficient (Wildman–Crippen LogP) is 5.77. The van der Waals surface area contributed by atoms with E-state index in [0.29, 0.717) is 10.8 Å². The molecule has 0 spiro atoms. The van der Waals surface area contributed by atoms with E-state index in [-0.39, 0.29) is 11.7 Å². The summed E-state index contributed by atoms with van der Waals surface area (Å²) in [5.74, 6) is 0.334. The summed E-state index contributed by atoms with van der Waals surface area (Å²) in [4.78, 5) is 17.6. The first kappa shape index (κ1) is 19.9. The fourth-order valence-corrected chi connectivity index (χ4v) is 3.37. The van der Waals surface area contributed by atoms with E-state index in [9.17, 15) is 4.79 Å². The number of anilines is 1. The van der Waals surface area contributed by atoms with Crippen LogP contribution in [0.25, 0.3) is 17.1 Å². The van der Waals surface area contributed by atoms with Crippen molar-refractivity contribution >= 4 is 23.2 Å². The molecule has 0 aliphatic rings. The monoisotopic (exact) mass is 416 g/mol. The third kappa shape index (κ3) is 3.98. The van der Waals surface area contributed by atoms with Gasteiger partial charge in [-0.3, -0.25) is 4.79 Å². The molecule has 3 aromatic carbocycles. The molecule has 0 fully saturated rings. The van der Waals surface area contributed by atoms with E-state index in [1.807, 2.05) is 75.4 Å². The normalized spacial score (nSPS) is 10.8. The topological polar surface area (TPSA) is 59.8 Å². The zero-order valence-electron chi connectivity index (χ0n) is 17.0. The molecule has 0 aliphatic carbocycles. The number of para-hydroxylation sites is 1. The molecule has 0 saturated carbocycles. The number of aromatic nitrogens is 3. The summed E-state index contributed by atoms with van der Waals surface area (Å²) in [6.45, 7) is 5.94. The molecular formula is C24H21ClN4O. The highest BCUT2D eigenvalue weighted by molar-refractivity contribution is 6.30. The molecule has 0 atom stereocenters. The summed E-state index contributed by atoms with van der Waals surface area (Å²) in [7, 11) is 0. The van der Waals surface area contributed by atoms with Gasteiger partial charge in [-0.2, -0.15) is 0 Å². The van der Waals surface area contributed by atoms with E-state index in [4.69, 9.17) is 11.6 Å². The maximum absolute atomic E-state index is 13.0. The van der Waals surface area contributed by atoms with Gasteiger partial charge in [-0.25, -0.2) is 9.67 Å². The predicted molar refractivity (Wildman–Crippen MR) is 120 cm³/mol. The summed E-state index contributed by atoms with van der Waals surface area (Å²) in [5.41, 5.74) is 5.53. The number of aryl methyl sites for hydroxylation is 3. The van der Waals surface area contributed by atoms with Crippen molar-refractivity contribution < 1.29 is 4.79 Å². The lowest BCUT2D eigenvalue weighted by Gasteiger charge is -2.09. The lowest BCUT2D eigenvalue weighted by atomic mass is 10.1. The molecular weight excluding hydrogens is 396 g/mol. The second kappa shape index (κ2) is 8.13. The number of nitrogens with zero attached hydrogens (tertiary/aromatic N) is 3. The number of hydrogen-bond acceptors (Lipinski definition) is 3. The molecule has 0 radical (unpaired) electrons. The number of hydrogen-bond donors (Lipinski definition) is 1. The van der Waals surface area contributed by atoms with Gasteiger partial charge in [0, 0.05) is 16.3 Å². The molecule has 0 bridgehead atoms. The van der Waals surface area contributed by atoms with E-state index in [2.05, 4.69) is 15.4 Å². The van der Waals surface area contributed by atoms with Crippen LogP contribution in [-0.4, -0.2) is 20.7 Å². The van der Waals surface area contributed by atoms with Crippen molar-refractivity contribution in [3.63, 3.8) is 0 Å². The van der Waals surface area contributed by atoms with Crippen LogP contribution >= 0.6 is 11.6 Å². The van der Waals surface area contributed by atoms with Gasteiger partial charge in [0.2, 0.25) is 5.82 Å². The van der Waals surface area contributed by atoms with Crippen LogP contribution in [0.15, 0.2) is 66.7 Å². The Balaban J connectivity index is 1.77. The smallest absolute Gasteiger partial charge is 0.295 e. The maximum atomic E-state index is 13.0. The number of carbonyl (C=O) groups excluding carboxylic acids is 1. The zero-order chi connectivity index (χ0) is 21.3. The van der Waals surface area contributed by atoms with Gasteiger partial charge in [0.25, 0.3) is 5.91 Å². The molecule has 1 heterocycles. The van der Waals surface area contributed by atoms with Crippen molar-refractivity contribution in [3.8, 4) is 17.1 Å². The minimum atomic E-state index is -0.353. The first-order chi connectivity index (χ1) is 14.4. The molecule has 4 rings (SSSR count).